The summed E-state index contributed by atoms with van der Waals surface area (Å²) in [4.78, 5) is 38.7. The van der Waals surface area contributed by atoms with Gasteiger partial charge in [-0.2, -0.15) is 0 Å². The summed E-state index contributed by atoms with van der Waals surface area (Å²) >= 11 is 0. The summed E-state index contributed by atoms with van der Waals surface area (Å²) in [6.45, 7) is 1.02. The van der Waals surface area contributed by atoms with Crippen molar-refractivity contribution in [2.45, 2.75) is 26.1 Å². The normalized spacial score (nSPS) is 10.7. The maximum absolute atomic E-state index is 11.2. The topological polar surface area (TPSA) is 148 Å². The monoisotopic (exact) mass is 324 g/mol. The van der Waals surface area contributed by atoms with Gasteiger partial charge >= 0.3 is 17.9 Å². The fourth-order valence-electron chi connectivity index (χ4n) is 2.04. The highest BCUT2D eigenvalue weighted by atomic mass is 16.6. The lowest BCUT2D eigenvalue weighted by molar-refractivity contribution is -0.397. The minimum absolute atomic E-state index is 0.0781. The Morgan fingerprint density at radius 2 is 1.57 bits per heavy atom. The number of ether oxygens (including phenoxy) is 1. The second-order valence-corrected chi connectivity index (χ2v) is 4.50. The van der Waals surface area contributed by atoms with Gasteiger partial charge < -0.3 is 25.0 Å². The lowest BCUT2D eigenvalue weighted by Gasteiger charge is -2.15. The Hall–Kier alpha value is -3.31. The molecule has 122 valence electrons. The van der Waals surface area contributed by atoms with Crippen LogP contribution in [0.5, 0.6) is 0 Å². The molecule has 0 saturated carbocycles. The van der Waals surface area contributed by atoms with Gasteiger partial charge in [0.05, 0.1) is 0 Å². The van der Waals surface area contributed by atoms with Crippen LogP contribution in [0.2, 0.25) is 0 Å². The Kier molecular flexibility index (Phi) is 4.64. The average molecular weight is 324 g/mol. The zero-order valence-electron chi connectivity index (χ0n) is 11.9. The van der Waals surface area contributed by atoms with Gasteiger partial charge in [-0.1, -0.05) is 9.97 Å². The molecule has 0 radical (unpaired) electrons. The molecule has 12 heteroatoms. The lowest BCUT2D eigenvalue weighted by atomic mass is 10.3. The van der Waals surface area contributed by atoms with Gasteiger partial charge in [-0.05, 0) is 9.85 Å². The van der Waals surface area contributed by atoms with Crippen molar-refractivity contribution in [3.05, 3.63) is 45.0 Å². The molecule has 0 aromatic carbocycles. The number of carbonyl (C=O) groups is 1. The highest BCUT2D eigenvalue weighted by molar-refractivity contribution is 5.66. The van der Waals surface area contributed by atoms with E-state index in [1.807, 2.05) is 0 Å². The van der Waals surface area contributed by atoms with Crippen LogP contribution in [0.1, 0.15) is 6.92 Å². The fraction of sp³-hybridized carbons (Fsp3) is 0.364. The molecular formula is C11H12N6O6. The van der Waals surface area contributed by atoms with E-state index in [9.17, 15) is 25.0 Å². The lowest BCUT2D eigenvalue weighted by Crippen LogP contribution is -2.28. The minimum Gasteiger partial charge on any atom is -0.456 e. The van der Waals surface area contributed by atoms with E-state index < -0.39 is 33.8 Å². The van der Waals surface area contributed by atoms with Gasteiger partial charge in [0.2, 0.25) is 0 Å². The SMILES string of the molecule is CC(=O)OC(Cn1ccnc1[N+](=O)[O-])Cn1ccnc1[N+](=O)[O-]. The van der Waals surface area contributed by atoms with E-state index in [0.717, 1.165) is 0 Å². The molecule has 2 aromatic rings. The van der Waals surface area contributed by atoms with Gasteiger partial charge in [0.25, 0.3) is 0 Å². The Labute approximate surface area is 128 Å². The molecule has 0 fully saturated rings. The molecule has 0 atom stereocenters. The zero-order valence-corrected chi connectivity index (χ0v) is 11.9. The van der Waals surface area contributed by atoms with Crippen LogP contribution in [0, 0.1) is 20.2 Å². The first kappa shape index (κ1) is 16.1. The predicted octanol–water partition coefficient (Wildman–Crippen LogP) is 0.528. The molecule has 2 rings (SSSR count). The molecular weight excluding hydrogens is 312 g/mol. The predicted molar refractivity (Wildman–Crippen MR) is 73.3 cm³/mol. The first-order chi connectivity index (χ1) is 10.9. The first-order valence-electron chi connectivity index (χ1n) is 6.36. The van der Waals surface area contributed by atoms with Crippen molar-refractivity contribution in [3.63, 3.8) is 0 Å². The standard InChI is InChI=1S/C11H12N6O6/c1-8(18)23-9(6-14-4-2-12-10(14)16(19)20)7-15-5-3-13-11(15)17(21)22/h2-5,9H,6-7H2,1H3. The number of hydrogen-bond acceptors (Lipinski definition) is 8. The maximum Gasteiger partial charge on any atom is 0.434 e. The van der Waals surface area contributed by atoms with Gasteiger partial charge in [-0.25, -0.2) is 9.13 Å². The summed E-state index contributed by atoms with van der Waals surface area (Å²) in [5.41, 5.74) is 0. The Morgan fingerprint density at radius 3 is 1.91 bits per heavy atom. The van der Waals surface area contributed by atoms with E-state index in [1.165, 1.54) is 40.8 Å². The number of nitrogens with zero attached hydrogens (tertiary/aromatic N) is 6. The quantitative estimate of drug-likeness (QED) is 0.406. The summed E-state index contributed by atoms with van der Waals surface area (Å²) in [7, 11) is 0. The summed E-state index contributed by atoms with van der Waals surface area (Å²) in [5, 5.41) is 21.7. The van der Waals surface area contributed by atoms with Gasteiger partial charge in [0.15, 0.2) is 6.10 Å². The largest absolute Gasteiger partial charge is 0.456 e. The Morgan fingerprint density at radius 1 is 1.13 bits per heavy atom. The Balaban J connectivity index is 2.21. The van der Waals surface area contributed by atoms with E-state index in [4.69, 9.17) is 4.74 Å². The molecule has 0 aliphatic heterocycles. The van der Waals surface area contributed by atoms with Crippen molar-refractivity contribution in [1.29, 1.82) is 0 Å². The molecule has 0 unspecified atom stereocenters. The van der Waals surface area contributed by atoms with Gasteiger partial charge in [-0.3, -0.25) is 4.79 Å². The van der Waals surface area contributed by atoms with Crippen LogP contribution < -0.4 is 0 Å². The van der Waals surface area contributed by atoms with Gasteiger partial charge in [0.1, 0.15) is 37.9 Å². The number of rotatable bonds is 7. The zero-order chi connectivity index (χ0) is 17.0. The van der Waals surface area contributed by atoms with Crippen LogP contribution in [-0.4, -0.2) is 41.0 Å². The number of carbonyl (C=O) groups excluding carboxylic acids is 1. The van der Waals surface area contributed by atoms with E-state index in [-0.39, 0.29) is 13.1 Å². The number of esters is 1. The second kappa shape index (κ2) is 6.64. The number of imidazole rings is 2. The number of nitro groups is 2. The molecule has 0 bridgehead atoms. The van der Waals surface area contributed by atoms with Crippen LogP contribution in [0.25, 0.3) is 0 Å². The molecule has 23 heavy (non-hydrogen) atoms. The van der Waals surface area contributed by atoms with Gasteiger partial charge in [-0.15, -0.1) is 0 Å². The maximum atomic E-state index is 11.2. The summed E-state index contributed by atoms with van der Waals surface area (Å²) < 4.78 is 7.47. The molecule has 0 N–H and O–H groups in total. The van der Waals surface area contributed by atoms with Crippen LogP contribution in [0.15, 0.2) is 24.8 Å². The smallest absolute Gasteiger partial charge is 0.434 e. The molecule has 0 saturated heterocycles. The third kappa shape index (κ3) is 3.87. The summed E-state index contributed by atoms with van der Waals surface area (Å²) in [6, 6.07) is 0. The molecule has 0 aliphatic rings. The summed E-state index contributed by atoms with van der Waals surface area (Å²) in [6.07, 6.45) is 4.33. The molecule has 0 spiro atoms. The first-order valence-corrected chi connectivity index (χ1v) is 6.36. The second-order valence-electron chi connectivity index (χ2n) is 4.50. The van der Waals surface area contributed by atoms with Crippen LogP contribution in [0.3, 0.4) is 0 Å². The molecule has 2 heterocycles. The van der Waals surface area contributed by atoms with Crippen molar-refractivity contribution in [1.82, 2.24) is 19.1 Å². The van der Waals surface area contributed by atoms with Crippen LogP contribution in [0.4, 0.5) is 11.9 Å². The van der Waals surface area contributed by atoms with Crippen molar-refractivity contribution in [2.24, 2.45) is 0 Å². The van der Waals surface area contributed by atoms with Crippen molar-refractivity contribution < 1.29 is 19.4 Å². The van der Waals surface area contributed by atoms with E-state index in [1.54, 1.807) is 0 Å². The molecule has 12 nitrogen and oxygen atoms in total. The fourth-order valence-corrected chi connectivity index (χ4v) is 2.04. The van der Waals surface area contributed by atoms with Crippen molar-refractivity contribution >= 4 is 17.9 Å². The molecule has 0 aliphatic carbocycles. The van der Waals surface area contributed by atoms with Crippen LogP contribution in [-0.2, 0) is 22.6 Å². The van der Waals surface area contributed by atoms with Crippen molar-refractivity contribution in [3.8, 4) is 0 Å². The number of aromatic nitrogens is 4. The average Bonchev–Trinajstić information content (AvgIpc) is 3.06. The summed E-state index contributed by atoms with van der Waals surface area (Å²) in [5.74, 6) is -1.44. The number of hydrogen-bond donors (Lipinski definition) is 0. The van der Waals surface area contributed by atoms with E-state index in [0.29, 0.717) is 0 Å². The van der Waals surface area contributed by atoms with Crippen LogP contribution >= 0.6 is 0 Å². The van der Waals surface area contributed by atoms with E-state index >= 15 is 0 Å². The Bertz CT molecular complexity index is 683. The third-order valence-corrected chi connectivity index (χ3v) is 2.85. The molecule has 2 aromatic heterocycles. The third-order valence-electron chi connectivity index (χ3n) is 2.85. The highest BCUT2D eigenvalue weighted by Crippen LogP contribution is 2.14. The van der Waals surface area contributed by atoms with Gasteiger partial charge in [0, 0.05) is 6.92 Å². The van der Waals surface area contributed by atoms with E-state index in [2.05, 4.69) is 9.97 Å². The molecule has 0 amide bonds. The minimum atomic E-state index is -0.867. The highest BCUT2D eigenvalue weighted by Gasteiger charge is 2.25. The van der Waals surface area contributed by atoms with Crippen molar-refractivity contribution in [2.75, 3.05) is 0 Å².